The van der Waals surface area contributed by atoms with Crippen molar-refractivity contribution in [3.8, 4) is 0 Å². The number of amides is 2. The van der Waals surface area contributed by atoms with Crippen LogP contribution in [0.5, 0.6) is 0 Å². The Labute approximate surface area is 172 Å². The lowest BCUT2D eigenvalue weighted by Gasteiger charge is -2.23. The second-order valence-electron chi connectivity index (χ2n) is 6.46. The number of anilines is 4. The number of nitrogens with one attached hydrogen (secondary N) is 2. The highest BCUT2D eigenvalue weighted by Gasteiger charge is 2.21. The Morgan fingerprint density at radius 2 is 1.87 bits per heavy atom. The third-order valence-electron chi connectivity index (χ3n) is 4.07. The van der Waals surface area contributed by atoms with Gasteiger partial charge in [0.05, 0.1) is 18.0 Å². The van der Waals surface area contributed by atoms with Crippen molar-refractivity contribution in [3.63, 3.8) is 0 Å². The van der Waals surface area contributed by atoms with Gasteiger partial charge in [-0.15, -0.1) is 0 Å². The highest BCUT2D eigenvalue weighted by molar-refractivity contribution is 6.06. The monoisotopic (exact) mass is 413 g/mol. The number of methoxy groups -OCH3 is 1. The fourth-order valence-corrected chi connectivity index (χ4v) is 2.73. The van der Waals surface area contributed by atoms with Crippen LogP contribution in [0.4, 0.5) is 36.7 Å². The van der Waals surface area contributed by atoms with E-state index < -0.39 is 17.7 Å². The quantitative estimate of drug-likeness (QED) is 0.593. The number of hydrogen-bond donors (Lipinski definition) is 2. The summed E-state index contributed by atoms with van der Waals surface area (Å²) in [6, 6.07) is 11.9. The van der Waals surface area contributed by atoms with Crippen molar-refractivity contribution in [3.05, 3.63) is 72.4 Å². The molecule has 0 aliphatic heterocycles. The summed E-state index contributed by atoms with van der Waals surface area (Å²) in [6.07, 6.45) is 1.48. The molecule has 0 unspecified atom stereocenters. The summed E-state index contributed by atoms with van der Waals surface area (Å²) < 4.78 is 32.5. The van der Waals surface area contributed by atoms with Crippen LogP contribution in [0, 0.1) is 11.6 Å². The van der Waals surface area contributed by atoms with Crippen LogP contribution in [-0.2, 0) is 4.74 Å². The van der Waals surface area contributed by atoms with E-state index in [1.165, 1.54) is 59.6 Å². The van der Waals surface area contributed by atoms with Gasteiger partial charge in [-0.25, -0.2) is 23.5 Å². The predicted octanol–water partition coefficient (Wildman–Crippen LogP) is 4.57. The number of ether oxygens (including phenoxy) is 1. The number of aromatic nitrogens is 2. The highest BCUT2D eigenvalue weighted by Crippen LogP contribution is 2.26. The number of halogens is 2. The molecule has 3 rings (SSSR count). The van der Waals surface area contributed by atoms with Gasteiger partial charge in [-0.2, -0.15) is 4.98 Å². The Kier molecular flexibility index (Phi) is 6.87. The van der Waals surface area contributed by atoms with Crippen LogP contribution in [-0.4, -0.2) is 35.8 Å². The molecule has 0 saturated heterocycles. The molecule has 2 amide bonds. The van der Waals surface area contributed by atoms with E-state index in [4.69, 9.17) is 4.74 Å². The van der Waals surface area contributed by atoms with Crippen LogP contribution in [0.15, 0.2) is 60.8 Å². The first kappa shape index (κ1) is 21.1. The second kappa shape index (κ2) is 9.75. The van der Waals surface area contributed by atoms with Crippen molar-refractivity contribution in [1.29, 1.82) is 0 Å². The average molecular weight is 413 g/mol. The maximum Gasteiger partial charge on any atom is 0.332 e. The molecular formula is C21H21F2N5O2. The Balaban J connectivity index is 1.95. The van der Waals surface area contributed by atoms with Gasteiger partial charge >= 0.3 is 6.03 Å². The summed E-state index contributed by atoms with van der Waals surface area (Å²) in [7, 11) is 1.58. The molecule has 0 aliphatic rings. The van der Waals surface area contributed by atoms with E-state index >= 15 is 0 Å². The Hall–Kier alpha value is -3.59. The maximum absolute atomic E-state index is 14.0. The number of rotatable bonds is 7. The van der Waals surface area contributed by atoms with E-state index in [1.54, 1.807) is 13.2 Å². The van der Waals surface area contributed by atoms with Gasteiger partial charge in [0.15, 0.2) is 0 Å². The summed E-state index contributed by atoms with van der Waals surface area (Å²) in [4.78, 5) is 22.8. The van der Waals surface area contributed by atoms with Gasteiger partial charge in [-0.05, 0) is 43.3 Å². The van der Waals surface area contributed by atoms with Crippen molar-refractivity contribution in [2.24, 2.45) is 0 Å². The largest absolute Gasteiger partial charge is 0.383 e. The lowest BCUT2D eigenvalue weighted by molar-refractivity contribution is 0.190. The lowest BCUT2D eigenvalue weighted by Crippen LogP contribution is -2.32. The van der Waals surface area contributed by atoms with Gasteiger partial charge in [0, 0.05) is 25.4 Å². The van der Waals surface area contributed by atoms with Gasteiger partial charge in [-0.3, -0.25) is 0 Å². The Morgan fingerprint density at radius 1 is 1.13 bits per heavy atom. The summed E-state index contributed by atoms with van der Waals surface area (Å²) >= 11 is 0. The molecule has 1 heterocycles. The standard InChI is InChI=1S/C21H21F2N5O2/c1-14(13-30-2)25-20-24-12-11-19(27-20)28(16-9-7-15(22)8-10-16)21(29)26-18-6-4-3-5-17(18)23/h3-12,14H,13H2,1-2H3,(H,26,29)(H,24,25,27)/t14-/m0/s1. The van der Waals surface area contributed by atoms with Crippen molar-refractivity contribution < 1.29 is 18.3 Å². The number of hydrogen-bond acceptors (Lipinski definition) is 5. The number of para-hydroxylation sites is 1. The van der Waals surface area contributed by atoms with Gasteiger partial charge in [0.1, 0.15) is 17.5 Å². The topological polar surface area (TPSA) is 79.4 Å². The van der Waals surface area contributed by atoms with E-state index in [0.717, 1.165) is 0 Å². The van der Waals surface area contributed by atoms with Crippen LogP contribution < -0.4 is 15.5 Å². The molecule has 9 heteroatoms. The lowest BCUT2D eigenvalue weighted by atomic mass is 10.2. The smallest absolute Gasteiger partial charge is 0.332 e. The summed E-state index contributed by atoms with van der Waals surface area (Å²) in [6.45, 7) is 2.32. The predicted molar refractivity (Wildman–Crippen MR) is 111 cm³/mol. The molecule has 0 bridgehead atoms. The molecule has 156 valence electrons. The SMILES string of the molecule is COC[C@H](C)Nc1nccc(N(C(=O)Nc2ccccc2F)c2ccc(F)cc2)n1. The zero-order valence-corrected chi connectivity index (χ0v) is 16.5. The summed E-state index contributed by atoms with van der Waals surface area (Å²) in [5.41, 5.74) is 0.357. The highest BCUT2D eigenvalue weighted by atomic mass is 19.1. The summed E-state index contributed by atoms with van der Waals surface area (Å²) in [5.74, 6) is -0.532. The number of nitrogens with zero attached hydrogens (tertiary/aromatic N) is 3. The maximum atomic E-state index is 14.0. The zero-order valence-electron chi connectivity index (χ0n) is 16.5. The number of benzene rings is 2. The van der Waals surface area contributed by atoms with Gasteiger partial charge in [-0.1, -0.05) is 12.1 Å². The van der Waals surface area contributed by atoms with E-state index in [1.807, 2.05) is 6.92 Å². The molecule has 7 nitrogen and oxygen atoms in total. The van der Waals surface area contributed by atoms with Crippen LogP contribution in [0.1, 0.15) is 6.92 Å². The van der Waals surface area contributed by atoms with Crippen molar-refractivity contribution >= 4 is 29.2 Å². The van der Waals surface area contributed by atoms with E-state index in [0.29, 0.717) is 12.3 Å². The molecular weight excluding hydrogens is 392 g/mol. The summed E-state index contributed by atoms with van der Waals surface area (Å²) in [5, 5.41) is 5.59. The van der Waals surface area contributed by atoms with Gasteiger partial charge < -0.3 is 15.4 Å². The molecule has 0 saturated carbocycles. The number of carbonyl (C=O) groups is 1. The third-order valence-corrected chi connectivity index (χ3v) is 4.07. The van der Waals surface area contributed by atoms with Crippen LogP contribution in [0.2, 0.25) is 0 Å². The zero-order chi connectivity index (χ0) is 21.5. The third kappa shape index (κ3) is 5.26. The molecule has 2 N–H and O–H groups in total. The number of urea groups is 1. The minimum atomic E-state index is -0.665. The molecule has 30 heavy (non-hydrogen) atoms. The number of carbonyl (C=O) groups excluding carboxylic acids is 1. The normalized spacial score (nSPS) is 11.6. The van der Waals surface area contributed by atoms with E-state index in [2.05, 4.69) is 20.6 Å². The first-order valence-electron chi connectivity index (χ1n) is 9.17. The van der Waals surface area contributed by atoms with Crippen molar-refractivity contribution in [1.82, 2.24) is 9.97 Å². The first-order valence-corrected chi connectivity index (χ1v) is 9.17. The van der Waals surface area contributed by atoms with Crippen molar-refractivity contribution in [2.75, 3.05) is 29.3 Å². The van der Waals surface area contributed by atoms with Crippen molar-refractivity contribution in [2.45, 2.75) is 13.0 Å². The molecule has 2 aromatic carbocycles. The first-order chi connectivity index (χ1) is 14.5. The minimum Gasteiger partial charge on any atom is -0.383 e. The molecule has 0 fully saturated rings. The Bertz CT molecular complexity index is 1000. The van der Waals surface area contributed by atoms with Crippen LogP contribution in [0.3, 0.4) is 0 Å². The fraction of sp³-hybridized carbons (Fsp3) is 0.190. The molecule has 0 aliphatic carbocycles. The van der Waals surface area contributed by atoms with E-state index in [-0.39, 0.29) is 23.5 Å². The molecule has 0 radical (unpaired) electrons. The van der Waals surface area contributed by atoms with Gasteiger partial charge in [0.25, 0.3) is 0 Å². The van der Waals surface area contributed by atoms with Crippen LogP contribution in [0.25, 0.3) is 0 Å². The average Bonchev–Trinajstić information content (AvgIpc) is 2.72. The minimum absolute atomic E-state index is 0.00994. The van der Waals surface area contributed by atoms with E-state index in [9.17, 15) is 13.6 Å². The molecule has 1 atom stereocenters. The van der Waals surface area contributed by atoms with Gasteiger partial charge in [0.2, 0.25) is 5.95 Å². The second-order valence-corrected chi connectivity index (χ2v) is 6.46. The van der Waals surface area contributed by atoms with Crippen LogP contribution >= 0.6 is 0 Å². The molecule has 3 aromatic rings. The molecule has 1 aromatic heterocycles. The Morgan fingerprint density at radius 3 is 2.57 bits per heavy atom. The molecule has 0 spiro atoms. The fourth-order valence-electron chi connectivity index (χ4n) is 2.73.